The third-order valence-electron chi connectivity index (χ3n) is 4.53. The fraction of sp³-hybridized carbons (Fsp3) is 0.263. The van der Waals surface area contributed by atoms with Gasteiger partial charge in [0.25, 0.3) is 11.6 Å². The van der Waals surface area contributed by atoms with Gasteiger partial charge in [0.15, 0.2) is 0 Å². The van der Waals surface area contributed by atoms with Crippen LogP contribution in [-0.4, -0.2) is 39.3 Å². The SMILES string of the molecule is O=C1/C(=C\c2ccc(-c3cccc([N+](=O)[O-])c3)o2)SC(=S)N1C[C@H]1CCCO1. The molecule has 3 heterocycles. The first kappa shape index (κ1) is 18.9. The van der Waals surface area contributed by atoms with E-state index in [1.54, 1.807) is 35.2 Å². The molecule has 2 aromatic rings. The van der Waals surface area contributed by atoms with Crippen LogP contribution in [0.4, 0.5) is 5.69 Å². The summed E-state index contributed by atoms with van der Waals surface area (Å²) in [6, 6.07) is 9.65. The van der Waals surface area contributed by atoms with Crippen LogP contribution in [0.15, 0.2) is 45.7 Å². The molecule has 0 aliphatic carbocycles. The number of non-ortho nitro benzene ring substituents is 1. The zero-order valence-corrected chi connectivity index (χ0v) is 16.3. The van der Waals surface area contributed by atoms with Crippen molar-refractivity contribution in [3.8, 4) is 11.3 Å². The second kappa shape index (κ2) is 7.86. The summed E-state index contributed by atoms with van der Waals surface area (Å²) >= 11 is 6.58. The second-order valence-electron chi connectivity index (χ2n) is 6.44. The summed E-state index contributed by atoms with van der Waals surface area (Å²) in [6.45, 7) is 1.20. The molecule has 1 aromatic heterocycles. The third-order valence-corrected chi connectivity index (χ3v) is 5.90. The number of hydrogen-bond donors (Lipinski definition) is 0. The molecule has 0 bridgehead atoms. The summed E-state index contributed by atoms with van der Waals surface area (Å²) in [4.78, 5) is 25.2. The maximum atomic E-state index is 12.7. The van der Waals surface area contributed by atoms with Gasteiger partial charge in [-0.15, -0.1) is 0 Å². The standard InChI is InChI=1S/C19H16N2O5S2/c22-18-17(28-19(27)20(18)11-15-5-2-8-25-15)10-14-6-7-16(26-14)12-3-1-4-13(9-12)21(23)24/h1,3-4,6-7,9-10,15H,2,5,8,11H2/b17-10+/t15-/m1/s1. The molecule has 1 aromatic carbocycles. The van der Waals surface area contributed by atoms with Crippen molar-refractivity contribution in [1.82, 2.24) is 4.90 Å². The molecule has 2 saturated heterocycles. The number of benzene rings is 1. The van der Waals surface area contributed by atoms with Crippen LogP contribution in [0.1, 0.15) is 18.6 Å². The highest BCUT2D eigenvalue weighted by molar-refractivity contribution is 8.26. The van der Waals surface area contributed by atoms with Crippen LogP contribution in [0.25, 0.3) is 17.4 Å². The van der Waals surface area contributed by atoms with Crippen molar-refractivity contribution in [2.75, 3.05) is 13.2 Å². The zero-order chi connectivity index (χ0) is 19.7. The highest BCUT2D eigenvalue weighted by atomic mass is 32.2. The maximum Gasteiger partial charge on any atom is 0.270 e. The van der Waals surface area contributed by atoms with Gasteiger partial charge < -0.3 is 9.15 Å². The highest BCUT2D eigenvalue weighted by Gasteiger charge is 2.34. The van der Waals surface area contributed by atoms with Gasteiger partial charge in [0, 0.05) is 30.4 Å². The summed E-state index contributed by atoms with van der Waals surface area (Å²) in [6.07, 6.45) is 3.62. The summed E-state index contributed by atoms with van der Waals surface area (Å²) < 4.78 is 11.9. The summed E-state index contributed by atoms with van der Waals surface area (Å²) in [5.41, 5.74) is 0.588. The molecule has 0 unspecified atom stereocenters. The topological polar surface area (TPSA) is 85.8 Å². The van der Waals surface area contributed by atoms with E-state index in [-0.39, 0.29) is 17.7 Å². The molecule has 2 fully saturated rings. The first-order valence-corrected chi connectivity index (χ1v) is 9.95. The average Bonchev–Trinajstić information content (AvgIpc) is 3.41. The number of carbonyl (C=O) groups is 1. The van der Waals surface area contributed by atoms with Gasteiger partial charge in [0.05, 0.1) is 22.5 Å². The molecule has 0 radical (unpaired) electrons. The van der Waals surface area contributed by atoms with Gasteiger partial charge in [0.1, 0.15) is 15.8 Å². The lowest BCUT2D eigenvalue weighted by Crippen LogP contribution is -2.35. The fourth-order valence-corrected chi connectivity index (χ4v) is 4.39. The number of thioether (sulfide) groups is 1. The van der Waals surface area contributed by atoms with Crippen LogP contribution >= 0.6 is 24.0 Å². The molecule has 4 rings (SSSR count). The van der Waals surface area contributed by atoms with E-state index >= 15 is 0 Å². The highest BCUT2D eigenvalue weighted by Crippen LogP contribution is 2.34. The minimum Gasteiger partial charge on any atom is -0.457 e. The van der Waals surface area contributed by atoms with E-state index in [9.17, 15) is 14.9 Å². The first-order chi connectivity index (χ1) is 13.5. The fourth-order valence-electron chi connectivity index (χ4n) is 3.14. The summed E-state index contributed by atoms with van der Waals surface area (Å²) in [7, 11) is 0. The Kier molecular flexibility index (Phi) is 5.29. The van der Waals surface area contributed by atoms with Crippen molar-refractivity contribution in [1.29, 1.82) is 0 Å². The normalized spacial score (nSPS) is 21.1. The van der Waals surface area contributed by atoms with Gasteiger partial charge >= 0.3 is 0 Å². The Morgan fingerprint density at radius 1 is 1.36 bits per heavy atom. The van der Waals surface area contributed by atoms with E-state index in [1.807, 2.05) is 0 Å². The predicted octanol–water partition coefficient (Wildman–Crippen LogP) is 4.24. The number of carbonyl (C=O) groups excluding carboxylic acids is 1. The molecular weight excluding hydrogens is 400 g/mol. The number of nitro benzene ring substituents is 1. The number of thiocarbonyl (C=S) groups is 1. The Labute approximate surface area is 170 Å². The number of rotatable bonds is 5. The molecule has 1 amide bonds. The zero-order valence-electron chi connectivity index (χ0n) is 14.7. The lowest BCUT2D eigenvalue weighted by molar-refractivity contribution is -0.384. The number of nitro groups is 1. The van der Waals surface area contributed by atoms with Gasteiger partial charge in [-0.05, 0) is 25.0 Å². The van der Waals surface area contributed by atoms with E-state index in [4.69, 9.17) is 21.4 Å². The number of nitrogens with zero attached hydrogens (tertiary/aromatic N) is 2. The molecule has 0 saturated carbocycles. The summed E-state index contributed by atoms with van der Waals surface area (Å²) in [5, 5.41) is 10.9. The minimum absolute atomic E-state index is 0.00884. The van der Waals surface area contributed by atoms with Crippen LogP contribution in [0, 0.1) is 10.1 Å². The monoisotopic (exact) mass is 416 g/mol. The Morgan fingerprint density at radius 3 is 2.96 bits per heavy atom. The number of amides is 1. The van der Waals surface area contributed by atoms with Crippen LogP contribution in [0.3, 0.4) is 0 Å². The van der Waals surface area contributed by atoms with Gasteiger partial charge in [-0.3, -0.25) is 19.8 Å². The van der Waals surface area contributed by atoms with E-state index < -0.39 is 4.92 Å². The molecular formula is C19H16N2O5S2. The van der Waals surface area contributed by atoms with Crippen molar-refractivity contribution in [3.05, 3.63) is 57.2 Å². The lowest BCUT2D eigenvalue weighted by Gasteiger charge is -2.18. The lowest BCUT2D eigenvalue weighted by atomic mass is 10.1. The predicted molar refractivity (Wildman–Crippen MR) is 110 cm³/mol. The van der Waals surface area contributed by atoms with Crippen molar-refractivity contribution in [2.45, 2.75) is 18.9 Å². The quantitative estimate of drug-likeness (QED) is 0.312. The summed E-state index contributed by atoms with van der Waals surface area (Å²) in [5.74, 6) is 0.822. The van der Waals surface area contributed by atoms with Crippen molar-refractivity contribution >= 4 is 46.0 Å². The molecule has 0 N–H and O–H groups in total. The molecule has 0 spiro atoms. The van der Waals surface area contributed by atoms with E-state index in [2.05, 4.69) is 0 Å². The third kappa shape index (κ3) is 3.87. The van der Waals surface area contributed by atoms with Crippen LogP contribution < -0.4 is 0 Å². The minimum atomic E-state index is -0.452. The Morgan fingerprint density at radius 2 is 2.21 bits per heavy atom. The molecule has 2 aliphatic rings. The van der Waals surface area contributed by atoms with Crippen molar-refractivity contribution < 1.29 is 18.9 Å². The van der Waals surface area contributed by atoms with Crippen LogP contribution in [0.5, 0.6) is 0 Å². The van der Waals surface area contributed by atoms with Gasteiger partial charge in [-0.25, -0.2) is 0 Å². The Balaban J connectivity index is 1.52. The van der Waals surface area contributed by atoms with Crippen molar-refractivity contribution in [3.63, 3.8) is 0 Å². The largest absolute Gasteiger partial charge is 0.457 e. The molecule has 7 nitrogen and oxygen atoms in total. The molecule has 144 valence electrons. The van der Waals surface area contributed by atoms with Gasteiger partial charge in [-0.1, -0.05) is 36.1 Å². The van der Waals surface area contributed by atoms with Gasteiger partial charge in [0.2, 0.25) is 0 Å². The Hall–Kier alpha value is -2.49. The second-order valence-corrected chi connectivity index (χ2v) is 8.11. The van der Waals surface area contributed by atoms with Crippen LogP contribution in [0.2, 0.25) is 0 Å². The molecule has 28 heavy (non-hydrogen) atoms. The average molecular weight is 416 g/mol. The van der Waals surface area contributed by atoms with E-state index in [0.717, 1.165) is 19.4 Å². The van der Waals surface area contributed by atoms with Crippen LogP contribution in [-0.2, 0) is 9.53 Å². The number of hydrogen-bond acceptors (Lipinski definition) is 7. The Bertz CT molecular complexity index is 978. The number of ether oxygens (including phenoxy) is 1. The molecule has 9 heteroatoms. The molecule has 1 atom stereocenters. The molecule has 2 aliphatic heterocycles. The van der Waals surface area contributed by atoms with E-state index in [1.165, 1.54) is 23.9 Å². The van der Waals surface area contributed by atoms with Crippen molar-refractivity contribution in [2.24, 2.45) is 0 Å². The maximum absolute atomic E-state index is 12.7. The first-order valence-electron chi connectivity index (χ1n) is 8.73. The smallest absolute Gasteiger partial charge is 0.270 e. The van der Waals surface area contributed by atoms with E-state index in [0.29, 0.717) is 32.9 Å². The van der Waals surface area contributed by atoms with Gasteiger partial charge in [-0.2, -0.15) is 0 Å². The number of furan rings is 1.